The molecule has 2 rings (SSSR count). The molecule has 0 saturated carbocycles. The maximum Gasteiger partial charge on any atom is 0.218 e. The number of hydrogen-bond acceptors (Lipinski definition) is 6. The SMILES string of the molecule is C=C/C=C(\C=C/C)Cn1ccc(C(=O)c2cncnc2NCCC(CC)CO)n1. The Kier molecular flexibility index (Phi) is 8.98. The van der Waals surface area contributed by atoms with Gasteiger partial charge in [0.15, 0.2) is 0 Å². The molecule has 7 heteroatoms. The fourth-order valence-corrected chi connectivity index (χ4v) is 2.88. The summed E-state index contributed by atoms with van der Waals surface area (Å²) >= 11 is 0. The Morgan fingerprint density at radius 1 is 1.45 bits per heavy atom. The quantitative estimate of drug-likeness (QED) is 0.423. The average Bonchev–Trinajstić information content (AvgIpc) is 3.20. The van der Waals surface area contributed by atoms with Crippen LogP contribution in [0.25, 0.3) is 0 Å². The van der Waals surface area contributed by atoms with E-state index in [9.17, 15) is 9.90 Å². The van der Waals surface area contributed by atoms with Crippen molar-refractivity contribution in [3.63, 3.8) is 0 Å². The molecule has 2 aromatic rings. The van der Waals surface area contributed by atoms with E-state index >= 15 is 0 Å². The van der Waals surface area contributed by atoms with Crippen molar-refractivity contribution < 1.29 is 9.90 Å². The second kappa shape index (κ2) is 11.7. The van der Waals surface area contributed by atoms with E-state index in [0.29, 0.717) is 30.2 Å². The van der Waals surface area contributed by atoms with Crippen LogP contribution in [0.4, 0.5) is 5.82 Å². The largest absolute Gasteiger partial charge is 0.396 e. The van der Waals surface area contributed by atoms with Crippen molar-refractivity contribution in [1.82, 2.24) is 19.7 Å². The van der Waals surface area contributed by atoms with Crippen molar-refractivity contribution >= 4 is 11.6 Å². The van der Waals surface area contributed by atoms with E-state index < -0.39 is 0 Å². The highest BCUT2D eigenvalue weighted by atomic mass is 16.3. The number of aliphatic hydroxyl groups is 1. The van der Waals surface area contributed by atoms with E-state index in [2.05, 4.69) is 27.0 Å². The molecule has 0 saturated heterocycles. The highest BCUT2D eigenvalue weighted by Gasteiger charge is 2.18. The van der Waals surface area contributed by atoms with Crippen molar-refractivity contribution in [3.05, 3.63) is 72.5 Å². The van der Waals surface area contributed by atoms with Crippen LogP contribution >= 0.6 is 0 Å². The smallest absolute Gasteiger partial charge is 0.218 e. The molecule has 2 aromatic heterocycles. The topological polar surface area (TPSA) is 92.9 Å². The summed E-state index contributed by atoms with van der Waals surface area (Å²) in [4.78, 5) is 21.2. The molecule has 0 aliphatic carbocycles. The highest BCUT2D eigenvalue weighted by Crippen LogP contribution is 2.16. The van der Waals surface area contributed by atoms with Gasteiger partial charge in [-0.05, 0) is 30.9 Å². The predicted octanol–water partition coefficient (Wildman–Crippen LogP) is 3.41. The molecule has 1 atom stereocenters. The first-order valence-electron chi connectivity index (χ1n) is 9.80. The Morgan fingerprint density at radius 2 is 2.28 bits per heavy atom. The van der Waals surface area contributed by atoms with E-state index in [4.69, 9.17) is 0 Å². The molecular weight excluding hydrogens is 366 g/mol. The van der Waals surface area contributed by atoms with Crippen LogP contribution in [0.15, 0.2) is 61.2 Å². The second-order valence-corrected chi connectivity index (χ2v) is 6.66. The average molecular weight is 396 g/mol. The van der Waals surface area contributed by atoms with Crippen LogP contribution < -0.4 is 5.32 Å². The van der Waals surface area contributed by atoms with Crippen molar-refractivity contribution in [2.24, 2.45) is 5.92 Å². The number of nitrogens with zero attached hydrogens (tertiary/aromatic N) is 4. The summed E-state index contributed by atoms with van der Waals surface area (Å²) in [6, 6.07) is 1.69. The summed E-state index contributed by atoms with van der Waals surface area (Å²) in [6.45, 7) is 9.03. The molecule has 0 aromatic carbocycles. The molecule has 0 aliphatic rings. The van der Waals surface area contributed by atoms with Gasteiger partial charge in [0.05, 0.1) is 12.1 Å². The van der Waals surface area contributed by atoms with Gasteiger partial charge in [-0.3, -0.25) is 9.48 Å². The van der Waals surface area contributed by atoms with Crippen LogP contribution in [0.1, 0.15) is 42.7 Å². The summed E-state index contributed by atoms with van der Waals surface area (Å²) in [5.41, 5.74) is 1.75. The minimum atomic E-state index is -0.235. The molecule has 2 N–H and O–H groups in total. The molecule has 7 nitrogen and oxygen atoms in total. The number of allylic oxidation sites excluding steroid dienone is 5. The molecule has 0 fully saturated rings. The van der Waals surface area contributed by atoms with Gasteiger partial charge in [0.25, 0.3) is 0 Å². The van der Waals surface area contributed by atoms with Gasteiger partial charge in [-0.15, -0.1) is 0 Å². The van der Waals surface area contributed by atoms with Crippen LogP contribution in [-0.4, -0.2) is 43.8 Å². The maximum atomic E-state index is 12.9. The Balaban J connectivity index is 2.12. The van der Waals surface area contributed by atoms with Gasteiger partial charge in [0, 0.05) is 25.5 Å². The van der Waals surface area contributed by atoms with Crippen LogP contribution in [-0.2, 0) is 6.54 Å². The highest BCUT2D eigenvalue weighted by molar-refractivity contribution is 6.10. The lowest BCUT2D eigenvalue weighted by Gasteiger charge is -2.13. The third kappa shape index (κ3) is 6.50. The summed E-state index contributed by atoms with van der Waals surface area (Å²) in [5, 5.41) is 16.9. The number of ketones is 1. The summed E-state index contributed by atoms with van der Waals surface area (Å²) in [7, 11) is 0. The van der Waals surface area contributed by atoms with Crippen molar-refractivity contribution in [3.8, 4) is 0 Å². The molecule has 0 aliphatic heterocycles. The molecule has 0 spiro atoms. The number of hydrogen-bond donors (Lipinski definition) is 2. The van der Waals surface area contributed by atoms with Crippen LogP contribution in [0, 0.1) is 5.92 Å². The van der Waals surface area contributed by atoms with Gasteiger partial charge >= 0.3 is 0 Å². The molecule has 0 amide bonds. The zero-order valence-corrected chi connectivity index (χ0v) is 17.1. The molecule has 0 bridgehead atoms. The van der Waals surface area contributed by atoms with Crippen molar-refractivity contribution in [2.45, 2.75) is 33.2 Å². The molecule has 1 unspecified atom stereocenters. The first kappa shape index (κ1) is 22.2. The lowest BCUT2D eigenvalue weighted by Crippen LogP contribution is -2.15. The first-order valence-corrected chi connectivity index (χ1v) is 9.80. The van der Waals surface area contributed by atoms with Crippen LogP contribution in [0.5, 0.6) is 0 Å². The second-order valence-electron chi connectivity index (χ2n) is 6.66. The first-order chi connectivity index (χ1) is 14.1. The number of carbonyl (C=O) groups excluding carboxylic acids is 1. The maximum absolute atomic E-state index is 12.9. The van der Waals surface area contributed by atoms with E-state index in [1.807, 2.05) is 32.1 Å². The van der Waals surface area contributed by atoms with E-state index in [-0.39, 0.29) is 18.3 Å². The fraction of sp³-hybridized carbons (Fsp3) is 0.364. The van der Waals surface area contributed by atoms with Crippen LogP contribution in [0.3, 0.4) is 0 Å². The number of nitrogens with one attached hydrogen (secondary N) is 1. The summed E-state index contributed by atoms with van der Waals surface area (Å²) in [5.74, 6) is 0.476. The zero-order chi connectivity index (χ0) is 21.1. The number of anilines is 1. The summed E-state index contributed by atoms with van der Waals surface area (Å²) < 4.78 is 1.71. The van der Waals surface area contributed by atoms with Crippen molar-refractivity contribution in [2.75, 3.05) is 18.5 Å². The van der Waals surface area contributed by atoms with Crippen molar-refractivity contribution in [1.29, 1.82) is 0 Å². The van der Waals surface area contributed by atoms with Gasteiger partial charge < -0.3 is 10.4 Å². The van der Waals surface area contributed by atoms with Gasteiger partial charge in [-0.2, -0.15) is 5.10 Å². The normalized spacial score (nSPS) is 12.9. The number of rotatable bonds is 12. The monoisotopic (exact) mass is 395 g/mol. The Labute approximate surface area is 171 Å². The lowest BCUT2D eigenvalue weighted by molar-refractivity contribution is 0.103. The Bertz CT molecular complexity index is 866. The summed E-state index contributed by atoms with van der Waals surface area (Å²) in [6.07, 6.45) is 13.9. The van der Waals surface area contributed by atoms with Gasteiger partial charge in [0.2, 0.25) is 5.78 Å². The predicted molar refractivity (Wildman–Crippen MR) is 115 cm³/mol. The van der Waals surface area contributed by atoms with E-state index in [1.165, 1.54) is 12.5 Å². The van der Waals surface area contributed by atoms with Gasteiger partial charge in [-0.25, -0.2) is 9.97 Å². The van der Waals surface area contributed by atoms with E-state index in [0.717, 1.165) is 18.4 Å². The zero-order valence-electron chi connectivity index (χ0n) is 17.1. The van der Waals surface area contributed by atoms with Gasteiger partial charge in [0.1, 0.15) is 17.8 Å². The molecule has 29 heavy (non-hydrogen) atoms. The Morgan fingerprint density at radius 3 is 2.97 bits per heavy atom. The lowest BCUT2D eigenvalue weighted by atomic mass is 10.0. The van der Waals surface area contributed by atoms with E-state index in [1.54, 1.807) is 23.0 Å². The number of carbonyl (C=O) groups is 1. The minimum absolute atomic E-state index is 0.153. The van der Waals surface area contributed by atoms with Gasteiger partial charge in [-0.1, -0.05) is 44.2 Å². The Hall–Kier alpha value is -3.06. The third-order valence-electron chi connectivity index (χ3n) is 4.57. The minimum Gasteiger partial charge on any atom is -0.396 e. The fourth-order valence-electron chi connectivity index (χ4n) is 2.88. The molecular formula is C22H29N5O2. The number of aliphatic hydroxyl groups excluding tert-OH is 1. The van der Waals surface area contributed by atoms with Crippen LogP contribution in [0.2, 0.25) is 0 Å². The standard InChI is InChI=1S/C22H29N5O2/c1-4-7-18(8-5-2)14-27-12-10-20(26-27)21(29)19-13-23-16-25-22(19)24-11-9-17(6-3)15-28/h4-5,7-8,10,12-13,16-17,28H,1,6,9,11,14-15H2,2-3H3,(H,23,24,25)/b8-5-,18-7+. The third-order valence-corrected chi connectivity index (χ3v) is 4.57. The molecule has 0 radical (unpaired) electrons. The number of aromatic nitrogens is 4. The molecule has 2 heterocycles. The molecule has 154 valence electrons.